The van der Waals surface area contributed by atoms with Gasteiger partial charge in [-0.1, -0.05) is 36.6 Å². The lowest BCUT2D eigenvalue weighted by molar-refractivity contribution is -0.143. The molecule has 2 atom stereocenters. The highest BCUT2D eigenvalue weighted by atomic mass is 35.5. The van der Waals surface area contributed by atoms with Gasteiger partial charge in [-0.05, 0) is 37.0 Å². The van der Waals surface area contributed by atoms with Crippen molar-refractivity contribution >= 4 is 29.3 Å². The van der Waals surface area contributed by atoms with Crippen molar-refractivity contribution in [1.29, 1.82) is 0 Å². The number of hydrogen-bond donors (Lipinski definition) is 1. The summed E-state index contributed by atoms with van der Waals surface area (Å²) in [6.07, 6.45) is 4.19. The van der Waals surface area contributed by atoms with Crippen LogP contribution in [0.3, 0.4) is 0 Å². The lowest BCUT2D eigenvalue weighted by atomic mass is 9.81. The molecular weight excluding hydrogens is 328 g/mol. The minimum absolute atomic E-state index is 0.161. The zero-order chi connectivity index (χ0) is 17.1. The number of nitrogens with one attached hydrogen (secondary N) is 1. The molecule has 2 fully saturated rings. The summed E-state index contributed by atoms with van der Waals surface area (Å²) in [5, 5.41) is 3.45. The number of carbonyl (C=O) groups excluding carboxylic acids is 3. The van der Waals surface area contributed by atoms with E-state index >= 15 is 0 Å². The summed E-state index contributed by atoms with van der Waals surface area (Å²) in [5.41, 5.74) is 1.07. The Balaban J connectivity index is 1.48. The number of amides is 3. The van der Waals surface area contributed by atoms with Crippen molar-refractivity contribution in [1.82, 2.24) is 10.2 Å². The number of fused-ring (bicyclic) bond motifs is 1. The minimum Gasteiger partial charge on any atom is -0.354 e. The third-order valence-electron chi connectivity index (χ3n) is 4.88. The molecule has 1 saturated heterocycles. The molecular formula is C18H21ClN2O3. The molecule has 24 heavy (non-hydrogen) atoms. The number of likely N-dealkylation sites (tertiary alicyclic amines) is 1. The van der Waals surface area contributed by atoms with Crippen LogP contribution in [0.5, 0.6) is 0 Å². The number of imide groups is 1. The first-order chi connectivity index (χ1) is 11.6. The number of rotatable bonds is 5. The van der Waals surface area contributed by atoms with Crippen LogP contribution in [0, 0.1) is 11.8 Å². The molecule has 1 heterocycles. The van der Waals surface area contributed by atoms with Gasteiger partial charge in [-0.25, -0.2) is 0 Å². The van der Waals surface area contributed by atoms with E-state index in [1.807, 2.05) is 24.3 Å². The maximum absolute atomic E-state index is 12.3. The summed E-state index contributed by atoms with van der Waals surface area (Å²) in [4.78, 5) is 37.9. The van der Waals surface area contributed by atoms with E-state index in [4.69, 9.17) is 11.6 Å². The molecule has 6 heteroatoms. The molecule has 3 amide bonds. The number of benzene rings is 1. The average molecular weight is 349 g/mol. The zero-order valence-corrected chi connectivity index (χ0v) is 14.2. The van der Waals surface area contributed by atoms with E-state index in [1.165, 1.54) is 0 Å². The summed E-state index contributed by atoms with van der Waals surface area (Å²) in [6.45, 7) is 0.300. The van der Waals surface area contributed by atoms with Gasteiger partial charge in [0.1, 0.15) is 6.54 Å². The van der Waals surface area contributed by atoms with Crippen molar-refractivity contribution in [3.63, 3.8) is 0 Å². The third kappa shape index (κ3) is 3.61. The van der Waals surface area contributed by atoms with Gasteiger partial charge in [0.15, 0.2) is 0 Å². The van der Waals surface area contributed by atoms with Gasteiger partial charge in [-0.2, -0.15) is 0 Å². The first-order valence-corrected chi connectivity index (χ1v) is 8.80. The topological polar surface area (TPSA) is 66.5 Å². The maximum Gasteiger partial charge on any atom is 0.240 e. The number of hydrogen-bond acceptors (Lipinski definition) is 3. The molecule has 5 nitrogen and oxygen atoms in total. The summed E-state index contributed by atoms with van der Waals surface area (Å²) in [7, 11) is 0. The fourth-order valence-electron chi connectivity index (χ4n) is 3.58. The molecule has 0 radical (unpaired) electrons. The van der Waals surface area contributed by atoms with Crippen molar-refractivity contribution in [2.24, 2.45) is 11.8 Å². The van der Waals surface area contributed by atoms with Crippen molar-refractivity contribution in [2.45, 2.75) is 32.1 Å². The lowest BCUT2D eigenvalue weighted by Gasteiger charge is -2.19. The maximum atomic E-state index is 12.3. The van der Waals surface area contributed by atoms with Gasteiger partial charge in [-0.3, -0.25) is 19.3 Å². The Morgan fingerprint density at radius 3 is 2.25 bits per heavy atom. The summed E-state index contributed by atoms with van der Waals surface area (Å²) < 4.78 is 0. The van der Waals surface area contributed by atoms with E-state index in [1.54, 1.807) is 0 Å². The standard InChI is InChI=1S/C18H21ClN2O3/c19-13-7-5-12(6-8-13)9-10-20-16(22)11-21-17(23)14-3-1-2-4-15(14)18(21)24/h5-8,14-15H,1-4,9-11H2,(H,20,22). The predicted molar refractivity (Wildman–Crippen MR) is 90.3 cm³/mol. The van der Waals surface area contributed by atoms with Crippen molar-refractivity contribution in [2.75, 3.05) is 13.1 Å². The number of halogens is 1. The molecule has 3 rings (SSSR count). The van der Waals surface area contributed by atoms with Crippen LogP contribution in [-0.2, 0) is 20.8 Å². The smallest absolute Gasteiger partial charge is 0.240 e. The quantitative estimate of drug-likeness (QED) is 0.829. The van der Waals surface area contributed by atoms with Crippen LogP contribution >= 0.6 is 11.6 Å². The Labute approximate surface area is 146 Å². The van der Waals surface area contributed by atoms with Crippen LogP contribution in [0.25, 0.3) is 0 Å². The van der Waals surface area contributed by atoms with E-state index in [2.05, 4.69) is 5.32 Å². The molecule has 0 bridgehead atoms. The monoisotopic (exact) mass is 348 g/mol. The van der Waals surface area contributed by atoms with E-state index < -0.39 is 0 Å². The van der Waals surface area contributed by atoms with Gasteiger partial charge in [0.2, 0.25) is 17.7 Å². The Morgan fingerprint density at radius 2 is 1.67 bits per heavy atom. The minimum atomic E-state index is -0.288. The van der Waals surface area contributed by atoms with Gasteiger partial charge < -0.3 is 5.32 Å². The Hall–Kier alpha value is -1.88. The number of carbonyl (C=O) groups is 3. The van der Waals surface area contributed by atoms with Crippen LogP contribution in [0.4, 0.5) is 0 Å². The van der Waals surface area contributed by atoms with Crippen LogP contribution in [0.15, 0.2) is 24.3 Å². The Kier molecular flexibility index (Phi) is 5.19. The molecule has 2 unspecified atom stereocenters. The van der Waals surface area contributed by atoms with E-state index in [0.29, 0.717) is 18.0 Å². The predicted octanol–water partition coefficient (Wildman–Crippen LogP) is 2.17. The summed E-state index contributed by atoms with van der Waals surface area (Å²) in [5.74, 6) is -1.03. The molecule has 2 aliphatic rings. The summed E-state index contributed by atoms with van der Waals surface area (Å²) in [6, 6.07) is 7.43. The van der Waals surface area contributed by atoms with Crippen molar-refractivity contribution in [3.8, 4) is 0 Å². The molecule has 1 aliphatic carbocycles. The molecule has 0 spiro atoms. The average Bonchev–Trinajstić information content (AvgIpc) is 2.82. The fraction of sp³-hybridized carbons (Fsp3) is 0.500. The second kappa shape index (κ2) is 7.34. The first-order valence-electron chi connectivity index (χ1n) is 8.42. The largest absolute Gasteiger partial charge is 0.354 e. The molecule has 1 aromatic rings. The van der Waals surface area contributed by atoms with Crippen LogP contribution in [0.1, 0.15) is 31.2 Å². The van der Waals surface area contributed by atoms with Crippen LogP contribution in [0.2, 0.25) is 5.02 Å². The SMILES string of the molecule is O=C(CN1C(=O)C2CCCCC2C1=O)NCCc1ccc(Cl)cc1. The normalized spacial score (nSPS) is 23.3. The van der Waals surface area contributed by atoms with Gasteiger partial charge >= 0.3 is 0 Å². The van der Waals surface area contributed by atoms with Crippen molar-refractivity contribution < 1.29 is 14.4 Å². The molecule has 1 saturated carbocycles. The number of nitrogens with zero attached hydrogens (tertiary/aromatic N) is 1. The van der Waals surface area contributed by atoms with E-state index in [-0.39, 0.29) is 36.1 Å². The second-order valence-corrected chi connectivity index (χ2v) is 6.92. The Morgan fingerprint density at radius 1 is 1.08 bits per heavy atom. The fourth-order valence-corrected chi connectivity index (χ4v) is 3.71. The highest BCUT2D eigenvalue weighted by Gasteiger charge is 2.48. The van der Waals surface area contributed by atoms with Gasteiger partial charge in [0.05, 0.1) is 11.8 Å². The molecule has 1 N–H and O–H groups in total. The van der Waals surface area contributed by atoms with Crippen LogP contribution < -0.4 is 5.32 Å². The van der Waals surface area contributed by atoms with Crippen molar-refractivity contribution in [3.05, 3.63) is 34.9 Å². The molecule has 128 valence electrons. The van der Waals surface area contributed by atoms with E-state index in [9.17, 15) is 14.4 Å². The second-order valence-electron chi connectivity index (χ2n) is 6.49. The third-order valence-corrected chi connectivity index (χ3v) is 5.14. The lowest BCUT2D eigenvalue weighted by Crippen LogP contribution is -2.41. The molecule has 0 aromatic heterocycles. The van der Waals surface area contributed by atoms with Crippen LogP contribution in [-0.4, -0.2) is 35.7 Å². The van der Waals surface area contributed by atoms with Gasteiger partial charge in [-0.15, -0.1) is 0 Å². The van der Waals surface area contributed by atoms with Gasteiger partial charge in [0, 0.05) is 11.6 Å². The zero-order valence-electron chi connectivity index (χ0n) is 13.5. The molecule has 1 aromatic carbocycles. The highest BCUT2D eigenvalue weighted by molar-refractivity contribution is 6.30. The van der Waals surface area contributed by atoms with E-state index in [0.717, 1.165) is 36.1 Å². The highest BCUT2D eigenvalue weighted by Crippen LogP contribution is 2.37. The van der Waals surface area contributed by atoms with Gasteiger partial charge in [0.25, 0.3) is 0 Å². The molecule has 1 aliphatic heterocycles. The Bertz CT molecular complexity index is 620. The summed E-state index contributed by atoms with van der Waals surface area (Å²) >= 11 is 5.83. The first kappa shape index (κ1) is 17.0.